The summed E-state index contributed by atoms with van der Waals surface area (Å²) < 4.78 is 44.3. The van der Waals surface area contributed by atoms with Crippen LogP contribution in [0.5, 0.6) is 5.88 Å². The van der Waals surface area contributed by atoms with E-state index in [0.29, 0.717) is 10.9 Å². The molecule has 1 aliphatic carbocycles. The van der Waals surface area contributed by atoms with E-state index in [4.69, 9.17) is 16.3 Å². The van der Waals surface area contributed by atoms with Crippen LogP contribution >= 0.6 is 11.6 Å². The van der Waals surface area contributed by atoms with Gasteiger partial charge in [0.2, 0.25) is 11.8 Å². The molecule has 1 heterocycles. The lowest BCUT2D eigenvalue weighted by molar-refractivity contribution is -0.132. The van der Waals surface area contributed by atoms with E-state index in [-0.39, 0.29) is 23.4 Å². The Morgan fingerprint density at radius 3 is 2.35 bits per heavy atom. The van der Waals surface area contributed by atoms with Gasteiger partial charge in [0.1, 0.15) is 11.6 Å². The molecule has 3 aromatic rings. The highest BCUT2D eigenvalue weighted by Gasteiger charge is 2.39. The molecule has 9 heteroatoms. The SMILES string of the molecule is COc1ccc(CN(C(=O)CS(=O)(=O)c2ccc(F)cc2)C(c2ccc(Cl)cc2)C2CC2)cn1. The minimum atomic E-state index is -3.97. The first-order chi connectivity index (χ1) is 16.3. The molecular weight excluding hydrogens is 479 g/mol. The monoisotopic (exact) mass is 502 g/mol. The molecule has 1 fully saturated rings. The van der Waals surface area contributed by atoms with Crippen LogP contribution in [0.2, 0.25) is 5.02 Å². The lowest BCUT2D eigenvalue weighted by Gasteiger charge is -2.33. The number of carbonyl (C=O) groups excluding carboxylic acids is 1. The third-order valence-electron chi connectivity index (χ3n) is 5.78. The van der Waals surface area contributed by atoms with Gasteiger partial charge in [0.05, 0.1) is 18.0 Å². The molecule has 34 heavy (non-hydrogen) atoms. The summed E-state index contributed by atoms with van der Waals surface area (Å²) in [4.78, 5) is 19.3. The van der Waals surface area contributed by atoms with Crippen molar-refractivity contribution in [2.24, 2.45) is 5.92 Å². The zero-order valence-electron chi connectivity index (χ0n) is 18.5. The summed E-state index contributed by atoms with van der Waals surface area (Å²) in [6.45, 7) is 0.179. The largest absolute Gasteiger partial charge is 0.481 e. The van der Waals surface area contributed by atoms with Gasteiger partial charge < -0.3 is 9.64 Å². The van der Waals surface area contributed by atoms with Gasteiger partial charge in [-0.3, -0.25) is 4.79 Å². The summed E-state index contributed by atoms with van der Waals surface area (Å²) in [5.41, 5.74) is 1.63. The lowest BCUT2D eigenvalue weighted by atomic mass is 9.99. The molecule has 0 saturated heterocycles. The van der Waals surface area contributed by atoms with Crippen molar-refractivity contribution in [1.29, 1.82) is 0 Å². The predicted molar refractivity (Wildman–Crippen MR) is 127 cm³/mol. The molecule has 6 nitrogen and oxygen atoms in total. The van der Waals surface area contributed by atoms with Gasteiger partial charge in [0.15, 0.2) is 9.84 Å². The van der Waals surface area contributed by atoms with Crippen LogP contribution in [0.4, 0.5) is 4.39 Å². The molecule has 178 valence electrons. The fraction of sp³-hybridized carbons (Fsp3) is 0.280. The van der Waals surface area contributed by atoms with Gasteiger partial charge >= 0.3 is 0 Å². The fourth-order valence-electron chi connectivity index (χ4n) is 3.91. The average Bonchev–Trinajstić information content (AvgIpc) is 3.65. The minimum absolute atomic E-state index is 0.0946. The van der Waals surface area contributed by atoms with Crippen molar-refractivity contribution in [1.82, 2.24) is 9.88 Å². The van der Waals surface area contributed by atoms with Crippen molar-refractivity contribution in [2.45, 2.75) is 30.3 Å². The Hall–Kier alpha value is -2.97. The van der Waals surface area contributed by atoms with E-state index in [1.807, 2.05) is 12.1 Å². The molecular formula is C25H24ClFN2O4S. The second kappa shape index (κ2) is 10.1. The van der Waals surface area contributed by atoms with Gasteiger partial charge in [-0.1, -0.05) is 29.8 Å². The topological polar surface area (TPSA) is 76.6 Å². The average molecular weight is 503 g/mol. The number of hydrogen-bond acceptors (Lipinski definition) is 5. The highest BCUT2D eigenvalue weighted by molar-refractivity contribution is 7.92. The number of aromatic nitrogens is 1. The minimum Gasteiger partial charge on any atom is -0.481 e. The maximum absolute atomic E-state index is 13.5. The van der Waals surface area contributed by atoms with Crippen molar-refractivity contribution in [3.05, 3.63) is 88.8 Å². The van der Waals surface area contributed by atoms with Crippen LogP contribution in [-0.4, -0.2) is 37.1 Å². The van der Waals surface area contributed by atoms with Crippen molar-refractivity contribution < 1.29 is 22.3 Å². The highest BCUT2D eigenvalue weighted by Crippen LogP contribution is 2.45. The number of rotatable bonds is 9. The van der Waals surface area contributed by atoms with Crippen LogP contribution < -0.4 is 4.74 Å². The molecule has 1 aromatic heterocycles. The van der Waals surface area contributed by atoms with Crippen LogP contribution in [0.25, 0.3) is 0 Å². The number of carbonyl (C=O) groups is 1. The highest BCUT2D eigenvalue weighted by atomic mass is 35.5. The first-order valence-electron chi connectivity index (χ1n) is 10.8. The summed E-state index contributed by atoms with van der Waals surface area (Å²) in [5.74, 6) is -1.15. The summed E-state index contributed by atoms with van der Waals surface area (Å²) in [5, 5.41) is 0.578. The van der Waals surface area contributed by atoms with Gasteiger partial charge in [-0.2, -0.15) is 0 Å². The number of amides is 1. The van der Waals surface area contributed by atoms with E-state index in [0.717, 1.165) is 36.1 Å². The Kier molecular flexibility index (Phi) is 7.19. The molecule has 1 unspecified atom stereocenters. The van der Waals surface area contributed by atoms with Crippen molar-refractivity contribution in [3.8, 4) is 5.88 Å². The van der Waals surface area contributed by atoms with E-state index < -0.39 is 27.3 Å². The zero-order chi connectivity index (χ0) is 24.3. The summed E-state index contributed by atoms with van der Waals surface area (Å²) in [6, 6.07) is 14.9. The number of ether oxygens (including phenoxy) is 1. The number of pyridine rings is 1. The Morgan fingerprint density at radius 1 is 1.12 bits per heavy atom. The van der Waals surface area contributed by atoms with E-state index >= 15 is 0 Å². The van der Waals surface area contributed by atoms with Crippen molar-refractivity contribution in [3.63, 3.8) is 0 Å². The van der Waals surface area contributed by atoms with Crippen LogP contribution in [0.1, 0.15) is 30.0 Å². The smallest absolute Gasteiger partial charge is 0.238 e. The zero-order valence-corrected chi connectivity index (χ0v) is 20.1. The first kappa shape index (κ1) is 24.2. The molecule has 1 saturated carbocycles. The normalized spacial score (nSPS) is 14.4. The van der Waals surface area contributed by atoms with E-state index in [9.17, 15) is 17.6 Å². The van der Waals surface area contributed by atoms with E-state index in [1.54, 1.807) is 35.4 Å². The summed E-state index contributed by atoms with van der Waals surface area (Å²) in [6.07, 6.45) is 3.48. The summed E-state index contributed by atoms with van der Waals surface area (Å²) in [7, 11) is -2.45. The first-order valence-corrected chi connectivity index (χ1v) is 12.8. The molecule has 0 radical (unpaired) electrons. The van der Waals surface area contributed by atoms with Crippen LogP contribution in [0.3, 0.4) is 0 Å². The third-order valence-corrected chi connectivity index (χ3v) is 7.65. The molecule has 1 amide bonds. The van der Waals surface area contributed by atoms with Gasteiger partial charge in [0.25, 0.3) is 0 Å². The lowest BCUT2D eigenvalue weighted by Crippen LogP contribution is -2.39. The molecule has 0 spiro atoms. The summed E-state index contributed by atoms with van der Waals surface area (Å²) >= 11 is 6.07. The van der Waals surface area contributed by atoms with Crippen LogP contribution in [0.15, 0.2) is 71.8 Å². The molecule has 2 aromatic carbocycles. The second-order valence-corrected chi connectivity index (χ2v) is 10.7. The standard InChI is InChI=1S/C25H24ClFN2O4S/c1-33-23-13-2-17(14-28-23)15-29(25(18-3-4-18)19-5-7-20(26)8-6-19)24(30)16-34(31,32)22-11-9-21(27)10-12-22/h2,5-14,18,25H,3-4,15-16H2,1H3. The Morgan fingerprint density at radius 2 is 1.79 bits per heavy atom. The maximum atomic E-state index is 13.5. The number of hydrogen-bond donors (Lipinski definition) is 0. The van der Waals surface area contributed by atoms with Gasteiger partial charge in [0, 0.05) is 23.8 Å². The molecule has 1 aliphatic rings. The van der Waals surface area contributed by atoms with Gasteiger partial charge in [-0.25, -0.2) is 17.8 Å². The number of methoxy groups -OCH3 is 1. The fourth-order valence-corrected chi connectivity index (χ4v) is 5.25. The number of sulfone groups is 1. The quantitative estimate of drug-likeness (QED) is 0.391. The van der Waals surface area contributed by atoms with Crippen molar-refractivity contribution >= 4 is 27.3 Å². The van der Waals surface area contributed by atoms with Crippen LogP contribution in [0, 0.1) is 11.7 Å². The molecule has 4 rings (SSSR count). The number of nitrogens with zero attached hydrogens (tertiary/aromatic N) is 2. The molecule has 0 bridgehead atoms. The van der Waals surface area contributed by atoms with Crippen LogP contribution in [-0.2, 0) is 21.2 Å². The Bertz CT molecular complexity index is 1250. The number of benzene rings is 2. The molecule has 0 aliphatic heterocycles. The van der Waals surface area contributed by atoms with E-state index in [2.05, 4.69) is 4.98 Å². The Balaban J connectivity index is 1.67. The maximum Gasteiger partial charge on any atom is 0.238 e. The van der Waals surface area contributed by atoms with Gasteiger partial charge in [-0.15, -0.1) is 0 Å². The van der Waals surface area contributed by atoms with E-state index in [1.165, 1.54) is 19.2 Å². The molecule has 1 atom stereocenters. The van der Waals surface area contributed by atoms with Gasteiger partial charge in [-0.05, 0) is 66.3 Å². The third kappa shape index (κ3) is 5.74. The predicted octanol–water partition coefficient (Wildman–Crippen LogP) is 4.84. The van der Waals surface area contributed by atoms with Crippen molar-refractivity contribution in [2.75, 3.05) is 12.9 Å². The Labute approximate surface area is 203 Å². The molecule has 0 N–H and O–H groups in total. The second-order valence-electron chi connectivity index (χ2n) is 8.28. The number of halogens is 2.